The Balaban J connectivity index is 1.77. The van der Waals surface area contributed by atoms with E-state index in [2.05, 4.69) is 17.4 Å². The minimum atomic E-state index is -0.901. The Morgan fingerprint density at radius 1 is 1.20 bits per heavy atom. The number of carbonyl (C=O) groups excluding carboxylic acids is 1. The van der Waals surface area contributed by atoms with Gasteiger partial charge in [0.25, 0.3) is 0 Å². The lowest BCUT2D eigenvalue weighted by molar-refractivity contribution is -0.133. The SMILES string of the molecule is O=C(O)CSCC(=O)NCc1ccc(-c2cccs2)s1. The summed E-state index contributed by atoms with van der Waals surface area (Å²) in [4.78, 5) is 25.4. The summed E-state index contributed by atoms with van der Waals surface area (Å²) in [6.07, 6.45) is 0. The highest BCUT2D eigenvalue weighted by molar-refractivity contribution is 8.00. The molecule has 2 heterocycles. The standard InChI is InChI=1S/C13H13NO3S3/c15-12(7-18-8-13(16)17)14-6-9-3-4-11(20-9)10-2-1-5-19-10/h1-5H,6-8H2,(H,14,15)(H,16,17). The highest BCUT2D eigenvalue weighted by Crippen LogP contribution is 2.31. The predicted molar refractivity (Wildman–Crippen MR) is 84.4 cm³/mol. The lowest BCUT2D eigenvalue weighted by atomic mass is 10.3. The Labute approximate surface area is 128 Å². The molecule has 0 aliphatic carbocycles. The zero-order valence-electron chi connectivity index (χ0n) is 10.5. The van der Waals surface area contributed by atoms with Crippen LogP contribution in [0.4, 0.5) is 0 Å². The zero-order valence-corrected chi connectivity index (χ0v) is 12.9. The Morgan fingerprint density at radius 3 is 2.75 bits per heavy atom. The van der Waals surface area contributed by atoms with Crippen molar-refractivity contribution in [3.8, 4) is 9.75 Å². The van der Waals surface area contributed by atoms with E-state index in [4.69, 9.17) is 5.11 Å². The molecule has 106 valence electrons. The second-order valence-electron chi connectivity index (χ2n) is 3.91. The number of thioether (sulfide) groups is 1. The topological polar surface area (TPSA) is 66.4 Å². The molecule has 2 aromatic heterocycles. The minimum absolute atomic E-state index is 0.0467. The smallest absolute Gasteiger partial charge is 0.313 e. The second-order valence-corrected chi connectivity index (χ2v) is 7.01. The van der Waals surface area contributed by atoms with E-state index in [1.807, 2.05) is 17.5 Å². The van der Waals surface area contributed by atoms with Crippen molar-refractivity contribution in [2.75, 3.05) is 11.5 Å². The molecule has 0 fully saturated rings. The van der Waals surface area contributed by atoms with Crippen molar-refractivity contribution >= 4 is 46.3 Å². The van der Waals surface area contributed by atoms with Crippen molar-refractivity contribution in [3.63, 3.8) is 0 Å². The van der Waals surface area contributed by atoms with Crippen molar-refractivity contribution < 1.29 is 14.7 Å². The van der Waals surface area contributed by atoms with Crippen LogP contribution in [0.3, 0.4) is 0 Å². The van der Waals surface area contributed by atoms with Crippen LogP contribution in [0.1, 0.15) is 4.88 Å². The lowest BCUT2D eigenvalue weighted by Crippen LogP contribution is -2.24. The Kier molecular flexibility index (Phi) is 5.63. The zero-order chi connectivity index (χ0) is 14.4. The first-order valence-corrected chi connectivity index (χ1v) is 8.69. The van der Waals surface area contributed by atoms with Gasteiger partial charge in [-0.25, -0.2) is 0 Å². The summed E-state index contributed by atoms with van der Waals surface area (Å²) in [6.45, 7) is 0.489. The van der Waals surface area contributed by atoms with Crippen LogP contribution in [0, 0.1) is 0 Å². The van der Waals surface area contributed by atoms with Crippen molar-refractivity contribution in [1.82, 2.24) is 5.32 Å². The van der Waals surface area contributed by atoms with E-state index in [0.29, 0.717) is 6.54 Å². The number of hydrogen-bond acceptors (Lipinski definition) is 5. The first-order chi connectivity index (χ1) is 9.65. The van der Waals surface area contributed by atoms with Crippen LogP contribution >= 0.6 is 34.4 Å². The molecule has 0 aliphatic heterocycles. The summed E-state index contributed by atoms with van der Waals surface area (Å²) in [5.74, 6) is -0.909. The van der Waals surface area contributed by atoms with Crippen molar-refractivity contribution in [2.24, 2.45) is 0 Å². The van der Waals surface area contributed by atoms with Crippen molar-refractivity contribution in [1.29, 1.82) is 0 Å². The van der Waals surface area contributed by atoms with Crippen LogP contribution in [-0.4, -0.2) is 28.5 Å². The summed E-state index contributed by atoms with van der Waals surface area (Å²) >= 11 is 4.45. The van der Waals surface area contributed by atoms with E-state index >= 15 is 0 Å². The Morgan fingerprint density at radius 2 is 2.05 bits per heavy atom. The van der Waals surface area contributed by atoms with Gasteiger partial charge in [0, 0.05) is 14.6 Å². The molecule has 7 heteroatoms. The van der Waals surface area contributed by atoms with Crippen LogP contribution in [0.5, 0.6) is 0 Å². The average Bonchev–Trinajstić information content (AvgIpc) is 3.06. The first-order valence-electron chi connectivity index (χ1n) is 5.84. The Hall–Kier alpha value is -1.31. The number of aliphatic carboxylic acids is 1. The maximum atomic E-state index is 11.5. The maximum Gasteiger partial charge on any atom is 0.313 e. The number of carboxylic acids is 1. The maximum absolute atomic E-state index is 11.5. The number of amides is 1. The second kappa shape index (κ2) is 7.47. The van der Waals surface area contributed by atoms with Crippen LogP contribution in [0.2, 0.25) is 0 Å². The highest BCUT2D eigenvalue weighted by Gasteiger charge is 2.06. The van der Waals surface area contributed by atoms with E-state index in [1.54, 1.807) is 22.7 Å². The molecule has 0 unspecified atom stereocenters. The molecule has 0 bridgehead atoms. The molecule has 20 heavy (non-hydrogen) atoms. The van der Waals surface area contributed by atoms with E-state index < -0.39 is 5.97 Å². The molecule has 0 atom stereocenters. The van der Waals surface area contributed by atoms with Gasteiger partial charge in [-0.3, -0.25) is 9.59 Å². The monoisotopic (exact) mass is 327 g/mol. The molecule has 4 nitrogen and oxygen atoms in total. The van der Waals surface area contributed by atoms with Crippen LogP contribution < -0.4 is 5.32 Å². The highest BCUT2D eigenvalue weighted by atomic mass is 32.2. The first kappa shape index (κ1) is 15.1. The van der Waals surface area contributed by atoms with Gasteiger partial charge in [0.2, 0.25) is 5.91 Å². The number of carboxylic acid groups (broad SMARTS) is 1. The Bertz CT molecular complexity index is 577. The lowest BCUT2D eigenvalue weighted by Gasteiger charge is -2.02. The predicted octanol–water partition coefficient (Wildman–Crippen LogP) is 2.91. The molecular formula is C13H13NO3S3. The molecule has 1 amide bonds. The summed E-state index contributed by atoms with van der Waals surface area (Å²) in [5, 5.41) is 13.3. The summed E-state index contributed by atoms with van der Waals surface area (Å²) < 4.78 is 0. The van der Waals surface area contributed by atoms with Crippen molar-refractivity contribution in [2.45, 2.75) is 6.54 Å². The van der Waals surface area contributed by atoms with Gasteiger partial charge in [-0.05, 0) is 23.6 Å². The molecule has 2 N–H and O–H groups in total. The third-order valence-electron chi connectivity index (χ3n) is 2.34. The quantitative estimate of drug-likeness (QED) is 0.820. The van der Waals surface area contributed by atoms with Crippen LogP contribution in [0.15, 0.2) is 29.6 Å². The van der Waals surface area contributed by atoms with Crippen LogP contribution in [0.25, 0.3) is 9.75 Å². The van der Waals surface area contributed by atoms with Gasteiger partial charge in [0.1, 0.15) is 0 Å². The van der Waals surface area contributed by atoms with Gasteiger partial charge in [0.05, 0.1) is 18.1 Å². The van der Waals surface area contributed by atoms with Gasteiger partial charge < -0.3 is 10.4 Å². The van der Waals surface area contributed by atoms with E-state index in [9.17, 15) is 9.59 Å². The number of rotatable bonds is 7. The van der Waals surface area contributed by atoms with E-state index in [0.717, 1.165) is 16.6 Å². The average molecular weight is 327 g/mol. The van der Waals surface area contributed by atoms with Gasteiger partial charge in [0.15, 0.2) is 0 Å². The number of carbonyl (C=O) groups is 2. The molecule has 0 saturated heterocycles. The molecule has 2 rings (SSSR count). The fraction of sp³-hybridized carbons (Fsp3) is 0.231. The van der Waals surface area contributed by atoms with Gasteiger partial charge in [-0.15, -0.1) is 34.4 Å². The minimum Gasteiger partial charge on any atom is -0.481 e. The number of hydrogen-bond donors (Lipinski definition) is 2. The molecule has 0 aliphatic rings. The van der Waals surface area contributed by atoms with Gasteiger partial charge >= 0.3 is 5.97 Å². The third kappa shape index (κ3) is 4.66. The fourth-order valence-corrected chi connectivity index (χ4v) is 3.84. The third-order valence-corrected chi connectivity index (χ3v) is 5.41. The summed E-state index contributed by atoms with van der Waals surface area (Å²) in [6, 6.07) is 8.14. The largest absolute Gasteiger partial charge is 0.481 e. The normalized spacial score (nSPS) is 10.4. The molecule has 2 aromatic rings. The molecular weight excluding hydrogens is 314 g/mol. The van der Waals surface area contributed by atoms with Gasteiger partial charge in [-0.1, -0.05) is 6.07 Å². The summed E-state index contributed by atoms with van der Waals surface area (Å²) in [5.41, 5.74) is 0. The van der Waals surface area contributed by atoms with Gasteiger partial charge in [-0.2, -0.15) is 0 Å². The number of thiophene rings is 2. The molecule has 0 saturated carbocycles. The van der Waals surface area contributed by atoms with E-state index in [1.165, 1.54) is 9.75 Å². The van der Waals surface area contributed by atoms with Crippen molar-refractivity contribution in [3.05, 3.63) is 34.5 Å². The van der Waals surface area contributed by atoms with E-state index in [-0.39, 0.29) is 17.4 Å². The molecule has 0 spiro atoms. The fourth-order valence-electron chi connectivity index (χ4n) is 1.49. The number of nitrogens with one attached hydrogen (secondary N) is 1. The molecule has 0 radical (unpaired) electrons. The molecule has 0 aromatic carbocycles. The van der Waals surface area contributed by atoms with Crippen LogP contribution in [-0.2, 0) is 16.1 Å². The summed E-state index contributed by atoms with van der Waals surface area (Å²) in [7, 11) is 0.